The second-order valence-electron chi connectivity index (χ2n) is 7.16. The Morgan fingerprint density at radius 1 is 1.12 bits per heavy atom. The number of hydrogen-bond donors (Lipinski definition) is 0. The van der Waals surface area contributed by atoms with E-state index in [-0.39, 0.29) is 11.7 Å². The summed E-state index contributed by atoms with van der Waals surface area (Å²) in [5.41, 5.74) is -1.14. The quantitative estimate of drug-likeness (QED) is 0.781. The van der Waals surface area contributed by atoms with Crippen molar-refractivity contribution in [3.63, 3.8) is 0 Å². The summed E-state index contributed by atoms with van der Waals surface area (Å²) in [6, 6.07) is 5.09. The van der Waals surface area contributed by atoms with Gasteiger partial charge in [0, 0.05) is 6.20 Å². The number of benzene rings is 1. The van der Waals surface area contributed by atoms with E-state index in [1.165, 1.54) is 17.7 Å². The Bertz CT molecular complexity index is 802. The van der Waals surface area contributed by atoms with Gasteiger partial charge >= 0.3 is 13.3 Å². The van der Waals surface area contributed by atoms with Crippen LogP contribution in [0.2, 0.25) is 0 Å². The summed E-state index contributed by atoms with van der Waals surface area (Å²) in [6.07, 6.45) is -2.87. The molecule has 5 nitrogen and oxygen atoms in total. The summed E-state index contributed by atoms with van der Waals surface area (Å²) < 4.78 is 57.5. The maximum atomic E-state index is 13.0. The van der Waals surface area contributed by atoms with Gasteiger partial charge in [-0.2, -0.15) is 13.2 Å². The lowest BCUT2D eigenvalue weighted by Gasteiger charge is -2.32. The fourth-order valence-corrected chi connectivity index (χ4v) is 2.62. The van der Waals surface area contributed by atoms with E-state index in [0.717, 1.165) is 12.1 Å². The van der Waals surface area contributed by atoms with Crippen molar-refractivity contribution in [2.45, 2.75) is 45.1 Å². The van der Waals surface area contributed by atoms with E-state index in [4.69, 9.17) is 14.0 Å². The maximum absolute atomic E-state index is 13.0. The molecule has 0 amide bonds. The first-order chi connectivity index (χ1) is 11.9. The van der Waals surface area contributed by atoms with Gasteiger partial charge in [-0.1, -0.05) is 6.07 Å². The van der Waals surface area contributed by atoms with Gasteiger partial charge in [-0.15, -0.1) is 0 Å². The summed E-state index contributed by atoms with van der Waals surface area (Å²) in [5, 5.41) is 0. The molecule has 0 bridgehead atoms. The van der Waals surface area contributed by atoms with Gasteiger partial charge in [0.05, 0.1) is 35.2 Å². The number of alkyl halides is 3. The minimum absolute atomic E-state index is 0.147. The molecule has 0 spiro atoms. The molecule has 9 heteroatoms. The molecule has 1 saturated heterocycles. The first kappa shape index (κ1) is 18.8. The molecule has 0 aliphatic carbocycles. The summed E-state index contributed by atoms with van der Waals surface area (Å²) in [7, 11) is 0.668. The van der Waals surface area contributed by atoms with Crippen molar-refractivity contribution >= 4 is 12.7 Å². The highest BCUT2D eigenvalue weighted by Crippen LogP contribution is 2.37. The highest BCUT2D eigenvalue weighted by Gasteiger charge is 2.52. The van der Waals surface area contributed by atoms with Gasteiger partial charge in [-0.3, -0.25) is 4.57 Å². The highest BCUT2D eigenvalue weighted by atomic mass is 19.4. The van der Waals surface area contributed by atoms with E-state index < -0.39 is 30.1 Å². The second kappa shape index (κ2) is 6.02. The number of imidazole rings is 1. The van der Waals surface area contributed by atoms with Crippen LogP contribution in [0.15, 0.2) is 30.5 Å². The standard InChI is InChI=1S/C17H20BF3N2O3/c1-15(2)16(3,4)26-18(25-15)13-10-23(14(22-13)24-5)12-8-6-7-11(9-12)17(19,20)21/h6-10H,1-5H3. The molecule has 2 heterocycles. The van der Waals surface area contributed by atoms with Crippen molar-refractivity contribution in [1.82, 2.24) is 9.55 Å². The summed E-state index contributed by atoms with van der Waals surface area (Å²) >= 11 is 0. The van der Waals surface area contributed by atoms with Crippen molar-refractivity contribution in [2.24, 2.45) is 0 Å². The van der Waals surface area contributed by atoms with Crippen LogP contribution < -0.4 is 10.3 Å². The molecule has 1 aliphatic heterocycles. The summed E-state index contributed by atoms with van der Waals surface area (Å²) in [4.78, 5) is 4.32. The monoisotopic (exact) mass is 368 g/mol. The van der Waals surface area contributed by atoms with E-state index in [9.17, 15) is 13.2 Å². The van der Waals surface area contributed by atoms with E-state index in [0.29, 0.717) is 5.59 Å². The highest BCUT2D eigenvalue weighted by molar-refractivity contribution is 6.61. The van der Waals surface area contributed by atoms with Crippen LogP contribution in [-0.2, 0) is 15.5 Å². The molecule has 26 heavy (non-hydrogen) atoms. The minimum Gasteiger partial charge on any atom is -0.468 e. The molecule has 0 N–H and O–H groups in total. The average molecular weight is 368 g/mol. The fraction of sp³-hybridized carbons (Fsp3) is 0.471. The number of ether oxygens (including phenoxy) is 1. The molecule has 2 aromatic rings. The Kier molecular flexibility index (Phi) is 4.35. The first-order valence-corrected chi connectivity index (χ1v) is 8.11. The zero-order valence-electron chi connectivity index (χ0n) is 15.2. The van der Waals surface area contributed by atoms with Crippen LogP contribution in [0.3, 0.4) is 0 Å². The lowest BCUT2D eigenvalue weighted by Crippen LogP contribution is -2.41. The van der Waals surface area contributed by atoms with E-state index in [1.807, 2.05) is 27.7 Å². The SMILES string of the molecule is COc1nc(B2OC(C)(C)C(C)(C)O2)cn1-c1cccc(C(F)(F)F)c1. The molecule has 1 aromatic heterocycles. The Morgan fingerprint density at radius 3 is 2.27 bits per heavy atom. The zero-order chi connectivity index (χ0) is 19.3. The lowest BCUT2D eigenvalue weighted by molar-refractivity contribution is -0.137. The van der Waals surface area contributed by atoms with Crippen molar-refractivity contribution in [1.29, 1.82) is 0 Å². The van der Waals surface area contributed by atoms with E-state index in [1.54, 1.807) is 12.3 Å². The molecule has 0 radical (unpaired) electrons. The largest absolute Gasteiger partial charge is 0.516 e. The second-order valence-corrected chi connectivity index (χ2v) is 7.16. The van der Waals surface area contributed by atoms with Gasteiger partial charge in [-0.25, -0.2) is 4.98 Å². The van der Waals surface area contributed by atoms with Crippen LogP contribution in [0, 0.1) is 0 Å². The van der Waals surface area contributed by atoms with Gasteiger partial charge < -0.3 is 14.0 Å². The van der Waals surface area contributed by atoms with Gasteiger partial charge in [0.2, 0.25) is 0 Å². The number of nitrogens with zero attached hydrogens (tertiary/aromatic N) is 2. The van der Waals surface area contributed by atoms with Gasteiger partial charge in [-0.05, 0) is 45.9 Å². The number of methoxy groups -OCH3 is 1. The van der Waals surface area contributed by atoms with Gasteiger partial charge in [0.25, 0.3) is 6.01 Å². The average Bonchev–Trinajstić information content (AvgIpc) is 3.05. The molecular weight excluding hydrogens is 348 g/mol. The van der Waals surface area contributed by atoms with Crippen LogP contribution in [0.4, 0.5) is 13.2 Å². The molecule has 1 aliphatic rings. The van der Waals surface area contributed by atoms with Gasteiger partial charge in [0.1, 0.15) is 0 Å². The number of rotatable bonds is 3. The molecule has 0 unspecified atom stereocenters. The van der Waals surface area contributed by atoms with E-state index in [2.05, 4.69) is 4.98 Å². The molecule has 1 fully saturated rings. The van der Waals surface area contributed by atoms with Crippen molar-refractivity contribution in [2.75, 3.05) is 7.11 Å². The zero-order valence-corrected chi connectivity index (χ0v) is 15.2. The van der Waals surface area contributed by atoms with Crippen LogP contribution in [0.25, 0.3) is 5.69 Å². The topological polar surface area (TPSA) is 45.5 Å². The minimum atomic E-state index is -4.43. The molecule has 3 rings (SSSR count). The first-order valence-electron chi connectivity index (χ1n) is 8.11. The van der Waals surface area contributed by atoms with Crippen LogP contribution >= 0.6 is 0 Å². The third kappa shape index (κ3) is 3.21. The van der Waals surface area contributed by atoms with Crippen molar-refractivity contribution < 1.29 is 27.2 Å². The van der Waals surface area contributed by atoms with Crippen molar-refractivity contribution in [3.8, 4) is 11.7 Å². The Balaban J connectivity index is 1.99. The molecular formula is C17H20BF3N2O3. The number of hydrogen-bond acceptors (Lipinski definition) is 4. The Hall–Kier alpha value is -2.00. The predicted octanol–water partition coefficient (Wildman–Crippen LogP) is 3.20. The van der Waals surface area contributed by atoms with Crippen LogP contribution in [0.1, 0.15) is 33.3 Å². The van der Waals surface area contributed by atoms with Crippen LogP contribution in [-0.4, -0.2) is 35.0 Å². The summed E-state index contributed by atoms with van der Waals surface area (Å²) in [6.45, 7) is 7.64. The molecule has 0 atom stereocenters. The molecule has 1 aromatic carbocycles. The molecule has 0 saturated carbocycles. The third-order valence-corrected chi connectivity index (χ3v) is 4.82. The third-order valence-electron chi connectivity index (χ3n) is 4.82. The van der Waals surface area contributed by atoms with Gasteiger partial charge in [0.15, 0.2) is 0 Å². The lowest BCUT2D eigenvalue weighted by atomic mass is 9.86. The Labute approximate surface area is 150 Å². The normalized spacial score (nSPS) is 19.0. The predicted molar refractivity (Wildman–Crippen MR) is 90.8 cm³/mol. The molecule has 140 valence electrons. The number of halogens is 3. The number of aromatic nitrogens is 2. The maximum Gasteiger partial charge on any atom is 0.516 e. The summed E-state index contributed by atoms with van der Waals surface area (Å²) in [5.74, 6) is 0. The van der Waals surface area contributed by atoms with Crippen LogP contribution in [0.5, 0.6) is 6.01 Å². The van der Waals surface area contributed by atoms with E-state index >= 15 is 0 Å². The Morgan fingerprint density at radius 2 is 1.73 bits per heavy atom. The fourth-order valence-electron chi connectivity index (χ4n) is 2.62. The smallest absolute Gasteiger partial charge is 0.468 e. The van der Waals surface area contributed by atoms with Crippen molar-refractivity contribution in [3.05, 3.63) is 36.0 Å².